The number of carbonyl (C=O) groups excluding carboxylic acids is 1. The molecular formula is C26H28N8O5. The number of morpholine rings is 1. The Labute approximate surface area is 224 Å². The summed E-state index contributed by atoms with van der Waals surface area (Å²) in [5.74, 6) is 1.33. The van der Waals surface area contributed by atoms with E-state index in [1.165, 1.54) is 30.7 Å². The van der Waals surface area contributed by atoms with Crippen molar-refractivity contribution < 1.29 is 19.2 Å². The first-order chi connectivity index (χ1) is 19.0. The number of esters is 1. The van der Waals surface area contributed by atoms with E-state index in [2.05, 4.69) is 30.3 Å². The van der Waals surface area contributed by atoms with Crippen molar-refractivity contribution in [2.24, 2.45) is 5.10 Å². The molecule has 2 aliphatic heterocycles. The van der Waals surface area contributed by atoms with E-state index >= 15 is 0 Å². The minimum atomic E-state index is -0.608. The number of nitro groups is 1. The first kappa shape index (κ1) is 26.0. The van der Waals surface area contributed by atoms with Gasteiger partial charge >= 0.3 is 5.97 Å². The molecule has 0 unspecified atom stereocenters. The molecule has 3 heterocycles. The fourth-order valence-corrected chi connectivity index (χ4v) is 4.22. The Balaban J connectivity index is 1.23. The lowest BCUT2D eigenvalue weighted by Crippen LogP contribution is -2.38. The van der Waals surface area contributed by atoms with Crippen LogP contribution < -0.4 is 20.0 Å². The van der Waals surface area contributed by atoms with E-state index in [0.717, 1.165) is 31.5 Å². The summed E-state index contributed by atoms with van der Waals surface area (Å²) in [6.45, 7) is 4.52. The van der Waals surface area contributed by atoms with E-state index in [1.807, 2.05) is 0 Å². The molecule has 0 radical (unpaired) electrons. The number of anilines is 3. The Morgan fingerprint density at radius 3 is 2.21 bits per heavy atom. The maximum atomic E-state index is 12.3. The quantitative estimate of drug-likeness (QED) is 0.150. The van der Waals surface area contributed by atoms with E-state index in [4.69, 9.17) is 14.5 Å². The molecule has 2 aliphatic rings. The number of nitro benzene ring substituents is 1. The highest BCUT2D eigenvalue weighted by Gasteiger charge is 2.20. The van der Waals surface area contributed by atoms with E-state index in [1.54, 1.807) is 30.5 Å². The fourth-order valence-electron chi connectivity index (χ4n) is 4.22. The largest absolute Gasteiger partial charge is 0.423 e. The van der Waals surface area contributed by atoms with Gasteiger partial charge in [0, 0.05) is 38.3 Å². The van der Waals surface area contributed by atoms with E-state index < -0.39 is 10.9 Å². The molecule has 0 saturated carbocycles. The van der Waals surface area contributed by atoms with Crippen LogP contribution in [0.1, 0.15) is 35.2 Å². The van der Waals surface area contributed by atoms with Crippen molar-refractivity contribution in [2.75, 3.05) is 54.6 Å². The second-order valence-corrected chi connectivity index (χ2v) is 9.04. The molecule has 5 rings (SSSR count). The van der Waals surface area contributed by atoms with Crippen LogP contribution in [0, 0.1) is 10.1 Å². The zero-order valence-electron chi connectivity index (χ0n) is 21.2. The number of rotatable bonds is 8. The summed E-state index contributed by atoms with van der Waals surface area (Å²) in [5, 5.41) is 15.1. The molecule has 0 atom stereocenters. The van der Waals surface area contributed by atoms with Crippen LogP contribution in [0.25, 0.3) is 0 Å². The molecule has 1 aromatic heterocycles. The summed E-state index contributed by atoms with van der Waals surface area (Å²) in [6, 6.07) is 12.0. The van der Waals surface area contributed by atoms with Gasteiger partial charge in [0.1, 0.15) is 5.75 Å². The number of piperidine rings is 1. The summed E-state index contributed by atoms with van der Waals surface area (Å²) in [5.41, 5.74) is 3.80. The van der Waals surface area contributed by atoms with Crippen LogP contribution >= 0.6 is 0 Å². The first-order valence-corrected chi connectivity index (χ1v) is 12.7. The molecule has 1 N–H and O–H groups in total. The fraction of sp³-hybridized carbons (Fsp3) is 0.346. The zero-order valence-corrected chi connectivity index (χ0v) is 21.2. The maximum Gasteiger partial charge on any atom is 0.343 e. The third kappa shape index (κ3) is 6.82. The summed E-state index contributed by atoms with van der Waals surface area (Å²) in [6.07, 6.45) is 5.04. The Morgan fingerprint density at radius 1 is 0.923 bits per heavy atom. The predicted octanol–water partition coefficient (Wildman–Crippen LogP) is 3.27. The van der Waals surface area contributed by atoms with Crippen LogP contribution in [-0.4, -0.2) is 71.5 Å². The Kier molecular flexibility index (Phi) is 8.17. The maximum absolute atomic E-state index is 12.3. The van der Waals surface area contributed by atoms with Crippen molar-refractivity contribution >= 4 is 35.7 Å². The summed E-state index contributed by atoms with van der Waals surface area (Å²) in [4.78, 5) is 40.8. The summed E-state index contributed by atoms with van der Waals surface area (Å²) < 4.78 is 10.8. The molecule has 0 aliphatic carbocycles. The number of hydrazone groups is 1. The lowest BCUT2D eigenvalue weighted by Gasteiger charge is -2.30. The van der Waals surface area contributed by atoms with Crippen LogP contribution in [-0.2, 0) is 4.74 Å². The Hall–Kier alpha value is -4.65. The number of aromatic nitrogens is 3. The third-order valence-electron chi connectivity index (χ3n) is 6.33. The normalized spacial score (nSPS) is 15.8. The van der Waals surface area contributed by atoms with Gasteiger partial charge in [-0.1, -0.05) is 0 Å². The number of hydrogen-bond acceptors (Lipinski definition) is 12. The molecule has 2 fully saturated rings. The smallest absolute Gasteiger partial charge is 0.343 e. The van der Waals surface area contributed by atoms with Crippen molar-refractivity contribution in [3.8, 4) is 5.75 Å². The van der Waals surface area contributed by atoms with Gasteiger partial charge in [-0.25, -0.2) is 10.2 Å². The second kappa shape index (κ2) is 12.3. The Bertz CT molecular complexity index is 1280. The van der Waals surface area contributed by atoms with E-state index in [9.17, 15) is 14.9 Å². The second-order valence-electron chi connectivity index (χ2n) is 9.04. The molecule has 2 saturated heterocycles. The number of carbonyl (C=O) groups is 1. The van der Waals surface area contributed by atoms with Gasteiger partial charge in [-0.2, -0.15) is 20.1 Å². The van der Waals surface area contributed by atoms with Gasteiger partial charge in [-0.05, 0) is 61.2 Å². The molecule has 13 nitrogen and oxygen atoms in total. The van der Waals surface area contributed by atoms with Gasteiger partial charge in [0.05, 0.1) is 29.9 Å². The highest BCUT2D eigenvalue weighted by molar-refractivity contribution is 5.91. The van der Waals surface area contributed by atoms with Crippen molar-refractivity contribution in [1.82, 2.24) is 15.0 Å². The first-order valence-electron chi connectivity index (χ1n) is 12.7. The number of nitrogens with zero attached hydrogens (tertiary/aromatic N) is 7. The van der Waals surface area contributed by atoms with Crippen LogP contribution in [0.4, 0.5) is 23.5 Å². The lowest BCUT2D eigenvalue weighted by atomic mass is 10.1. The zero-order chi connectivity index (χ0) is 27.0. The molecule has 202 valence electrons. The van der Waals surface area contributed by atoms with Crippen LogP contribution in [0.15, 0.2) is 53.6 Å². The predicted molar refractivity (Wildman–Crippen MR) is 145 cm³/mol. The van der Waals surface area contributed by atoms with Crippen molar-refractivity contribution in [2.45, 2.75) is 19.3 Å². The molecule has 0 bridgehead atoms. The van der Waals surface area contributed by atoms with E-state index in [0.29, 0.717) is 49.9 Å². The molecule has 0 spiro atoms. The van der Waals surface area contributed by atoms with Gasteiger partial charge in [-0.15, -0.1) is 0 Å². The molecule has 3 aromatic rings. The Morgan fingerprint density at radius 2 is 1.56 bits per heavy atom. The highest BCUT2D eigenvalue weighted by atomic mass is 16.6. The SMILES string of the molecule is O=C(Oc1ccc(/C=N\Nc2nc(N3CCCCC3)nc(N3CCOCC3)n2)cc1)c1ccc([N+](=O)[O-])cc1. The van der Waals surface area contributed by atoms with Crippen molar-refractivity contribution in [3.63, 3.8) is 0 Å². The van der Waals surface area contributed by atoms with Crippen molar-refractivity contribution in [3.05, 3.63) is 69.8 Å². The average Bonchev–Trinajstić information content (AvgIpc) is 2.99. The number of ether oxygens (including phenoxy) is 2. The minimum absolute atomic E-state index is 0.0963. The molecule has 0 amide bonds. The molecular weight excluding hydrogens is 504 g/mol. The van der Waals surface area contributed by atoms with Crippen LogP contribution in [0.5, 0.6) is 5.75 Å². The van der Waals surface area contributed by atoms with Crippen molar-refractivity contribution in [1.29, 1.82) is 0 Å². The summed E-state index contributed by atoms with van der Waals surface area (Å²) >= 11 is 0. The van der Waals surface area contributed by atoms with Gasteiger partial charge in [0.2, 0.25) is 17.8 Å². The molecule has 39 heavy (non-hydrogen) atoms. The van der Waals surface area contributed by atoms with Crippen LogP contribution in [0.2, 0.25) is 0 Å². The van der Waals surface area contributed by atoms with E-state index in [-0.39, 0.29) is 11.3 Å². The van der Waals surface area contributed by atoms with Gasteiger partial charge in [0.25, 0.3) is 5.69 Å². The number of non-ortho nitro benzene ring substituents is 1. The number of benzene rings is 2. The van der Waals surface area contributed by atoms with Crippen LogP contribution in [0.3, 0.4) is 0 Å². The average molecular weight is 533 g/mol. The number of nitrogens with one attached hydrogen (secondary N) is 1. The third-order valence-corrected chi connectivity index (χ3v) is 6.33. The topological polar surface area (TPSA) is 148 Å². The standard InChI is InChI=1S/C26H28N8O5/c35-23(20-6-8-21(9-7-20)34(36)37)39-22-10-4-19(5-11-22)18-27-31-24-28-25(32-12-2-1-3-13-32)30-26(29-24)33-14-16-38-17-15-33/h4-11,18H,1-3,12-17H2,(H,28,29,30,31)/b27-18-. The highest BCUT2D eigenvalue weighted by Crippen LogP contribution is 2.21. The van der Waals surface area contributed by atoms with Gasteiger partial charge in [0.15, 0.2) is 0 Å². The van der Waals surface area contributed by atoms with Gasteiger partial charge < -0.3 is 19.3 Å². The number of hydrogen-bond donors (Lipinski definition) is 1. The molecule has 13 heteroatoms. The van der Waals surface area contributed by atoms with Gasteiger partial charge in [-0.3, -0.25) is 10.1 Å². The summed E-state index contributed by atoms with van der Waals surface area (Å²) in [7, 11) is 0. The minimum Gasteiger partial charge on any atom is -0.423 e. The monoisotopic (exact) mass is 532 g/mol. The lowest BCUT2D eigenvalue weighted by molar-refractivity contribution is -0.384. The molecule has 2 aromatic carbocycles.